The van der Waals surface area contributed by atoms with Gasteiger partial charge in [0.1, 0.15) is 0 Å². The van der Waals surface area contributed by atoms with E-state index in [-0.39, 0.29) is 0 Å². The van der Waals surface area contributed by atoms with Gasteiger partial charge in [-0.15, -0.1) is 0 Å². The van der Waals surface area contributed by atoms with Gasteiger partial charge in [-0.1, -0.05) is 12.5 Å². The zero-order chi connectivity index (χ0) is 12.9. The first kappa shape index (κ1) is 13.1. The molecule has 1 saturated heterocycles. The second-order valence-electron chi connectivity index (χ2n) is 5.81. The molecule has 3 nitrogen and oxygen atoms in total. The number of hydrogen-bond donors (Lipinski definition) is 0. The molecule has 0 spiro atoms. The largest absolute Gasteiger partial charge is 0.379 e. The number of nitrogens with zero attached hydrogens (tertiary/aromatic N) is 2. The Morgan fingerprint density at radius 1 is 1.26 bits per heavy atom. The fraction of sp³-hybridized carbons (Fsp3) is 0.688. The van der Waals surface area contributed by atoms with Crippen molar-refractivity contribution in [3.63, 3.8) is 0 Å². The van der Waals surface area contributed by atoms with E-state index in [0.29, 0.717) is 0 Å². The van der Waals surface area contributed by atoms with Crippen molar-refractivity contribution in [2.45, 2.75) is 38.1 Å². The van der Waals surface area contributed by atoms with Gasteiger partial charge in [0.25, 0.3) is 0 Å². The Labute approximate surface area is 116 Å². The number of pyridine rings is 1. The minimum absolute atomic E-state index is 0.806. The fourth-order valence-corrected chi connectivity index (χ4v) is 3.64. The second kappa shape index (κ2) is 6.49. The average Bonchev–Trinajstić information content (AvgIpc) is 2.95. The average molecular weight is 260 g/mol. The maximum absolute atomic E-state index is 5.47. The van der Waals surface area contributed by atoms with Crippen LogP contribution in [-0.2, 0) is 11.2 Å². The minimum Gasteiger partial charge on any atom is -0.379 e. The van der Waals surface area contributed by atoms with Gasteiger partial charge in [0.2, 0.25) is 0 Å². The molecule has 1 aliphatic carbocycles. The molecular weight excluding hydrogens is 236 g/mol. The Balaban J connectivity index is 1.54. The third kappa shape index (κ3) is 3.34. The smallest absolute Gasteiger partial charge is 0.0594 e. The summed E-state index contributed by atoms with van der Waals surface area (Å²) in [4.78, 5) is 6.88. The van der Waals surface area contributed by atoms with Crippen LogP contribution in [0.15, 0.2) is 24.5 Å². The summed E-state index contributed by atoms with van der Waals surface area (Å²) in [6.45, 7) is 4.11. The van der Waals surface area contributed by atoms with Gasteiger partial charge in [0.15, 0.2) is 0 Å². The SMILES string of the molecule is c1cncc(CCC2CCCC2N2CCOCC2)c1. The molecular formula is C16H24N2O. The number of aromatic nitrogens is 1. The number of rotatable bonds is 4. The molecule has 2 fully saturated rings. The fourth-order valence-electron chi connectivity index (χ4n) is 3.64. The third-order valence-corrected chi connectivity index (χ3v) is 4.66. The van der Waals surface area contributed by atoms with E-state index in [1.54, 1.807) is 0 Å². The van der Waals surface area contributed by atoms with Crippen molar-refractivity contribution >= 4 is 0 Å². The van der Waals surface area contributed by atoms with Crippen LogP contribution in [0, 0.1) is 5.92 Å². The van der Waals surface area contributed by atoms with Gasteiger partial charge in [-0.25, -0.2) is 0 Å². The number of ether oxygens (including phenoxy) is 1. The first-order valence-corrected chi connectivity index (χ1v) is 7.64. The lowest BCUT2D eigenvalue weighted by Crippen LogP contribution is -2.45. The monoisotopic (exact) mass is 260 g/mol. The zero-order valence-electron chi connectivity index (χ0n) is 11.6. The molecule has 3 heteroatoms. The lowest BCUT2D eigenvalue weighted by molar-refractivity contribution is 0.00746. The molecule has 1 aromatic heterocycles. The maximum atomic E-state index is 5.47. The molecule has 0 amide bonds. The first-order chi connectivity index (χ1) is 9.43. The molecule has 1 aromatic rings. The zero-order valence-corrected chi connectivity index (χ0v) is 11.6. The highest BCUT2D eigenvalue weighted by molar-refractivity contribution is 5.08. The third-order valence-electron chi connectivity index (χ3n) is 4.66. The van der Waals surface area contributed by atoms with E-state index in [1.165, 1.54) is 37.7 Å². The number of aryl methyl sites for hydroxylation is 1. The standard InChI is InChI=1S/C16H24N2O/c1-4-15(7-6-14-3-2-8-17-13-14)16(5-1)18-9-11-19-12-10-18/h2-3,8,13,15-16H,1,4-7,9-12H2. The molecule has 1 aliphatic heterocycles. The predicted molar refractivity (Wildman–Crippen MR) is 76.1 cm³/mol. The highest BCUT2D eigenvalue weighted by atomic mass is 16.5. The van der Waals surface area contributed by atoms with E-state index >= 15 is 0 Å². The van der Waals surface area contributed by atoms with E-state index in [4.69, 9.17) is 4.74 Å². The first-order valence-electron chi connectivity index (χ1n) is 7.64. The summed E-state index contributed by atoms with van der Waals surface area (Å²) in [5.41, 5.74) is 1.38. The normalized spacial score (nSPS) is 28.6. The van der Waals surface area contributed by atoms with Gasteiger partial charge in [0.05, 0.1) is 13.2 Å². The highest BCUT2D eigenvalue weighted by Crippen LogP contribution is 2.33. The molecule has 2 aliphatic rings. The van der Waals surface area contributed by atoms with E-state index in [0.717, 1.165) is 38.3 Å². The molecule has 2 heterocycles. The molecule has 1 saturated carbocycles. The topological polar surface area (TPSA) is 25.4 Å². The minimum atomic E-state index is 0.806. The molecule has 0 radical (unpaired) electrons. The van der Waals surface area contributed by atoms with Crippen LogP contribution in [0.3, 0.4) is 0 Å². The lowest BCUT2D eigenvalue weighted by atomic mass is 9.94. The van der Waals surface area contributed by atoms with Crippen LogP contribution in [0.5, 0.6) is 0 Å². The maximum Gasteiger partial charge on any atom is 0.0594 e. The van der Waals surface area contributed by atoms with Crippen molar-refractivity contribution in [3.05, 3.63) is 30.1 Å². The Hall–Kier alpha value is -0.930. The lowest BCUT2D eigenvalue weighted by Gasteiger charge is -2.35. The van der Waals surface area contributed by atoms with Gasteiger partial charge >= 0.3 is 0 Å². The van der Waals surface area contributed by atoms with Crippen molar-refractivity contribution in [1.29, 1.82) is 0 Å². The van der Waals surface area contributed by atoms with Crippen LogP contribution in [-0.4, -0.2) is 42.2 Å². The van der Waals surface area contributed by atoms with Crippen LogP contribution < -0.4 is 0 Å². The van der Waals surface area contributed by atoms with Gasteiger partial charge in [-0.2, -0.15) is 0 Å². The van der Waals surface area contributed by atoms with Gasteiger partial charge in [0, 0.05) is 31.5 Å². The Kier molecular flexibility index (Phi) is 4.46. The Bertz CT molecular complexity index is 376. The summed E-state index contributed by atoms with van der Waals surface area (Å²) < 4.78 is 5.47. The summed E-state index contributed by atoms with van der Waals surface area (Å²) in [5.74, 6) is 0.873. The van der Waals surface area contributed by atoms with E-state index < -0.39 is 0 Å². The summed E-state index contributed by atoms with van der Waals surface area (Å²) in [5, 5.41) is 0. The molecule has 0 N–H and O–H groups in total. The highest BCUT2D eigenvalue weighted by Gasteiger charge is 2.32. The summed E-state index contributed by atoms with van der Waals surface area (Å²) >= 11 is 0. The quantitative estimate of drug-likeness (QED) is 0.832. The Morgan fingerprint density at radius 2 is 2.16 bits per heavy atom. The van der Waals surface area contributed by atoms with Crippen LogP contribution in [0.4, 0.5) is 0 Å². The van der Waals surface area contributed by atoms with Crippen molar-refractivity contribution < 1.29 is 4.74 Å². The molecule has 104 valence electrons. The summed E-state index contributed by atoms with van der Waals surface area (Å²) in [7, 11) is 0. The van der Waals surface area contributed by atoms with Gasteiger partial charge < -0.3 is 4.74 Å². The van der Waals surface area contributed by atoms with E-state index in [9.17, 15) is 0 Å². The molecule has 19 heavy (non-hydrogen) atoms. The van der Waals surface area contributed by atoms with Crippen LogP contribution in [0.25, 0.3) is 0 Å². The van der Waals surface area contributed by atoms with E-state index in [2.05, 4.69) is 16.0 Å². The van der Waals surface area contributed by atoms with Crippen molar-refractivity contribution in [3.8, 4) is 0 Å². The van der Waals surface area contributed by atoms with Crippen LogP contribution >= 0.6 is 0 Å². The van der Waals surface area contributed by atoms with Crippen molar-refractivity contribution in [2.75, 3.05) is 26.3 Å². The van der Waals surface area contributed by atoms with Crippen LogP contribution in [0.1, 0.15) is 31.2 Å². The molecule has 2 atom stereocenters. The summed E-state index contributed by atoms with van der Waals surface area (Å²) in [6, 6.07) is 5.05. The molecule has 0 bridgehead atoms. The number of morpholine rings is 1. The predicted octanol–water partition coefficient (Wildman–Crippen LogP) is 2.52. The molecule has 3 rings (SSSR count). The van der Waals surface area contributed by atoms with Crippen molar-refractivity contribution in [1.82, 2.24) is 9.88 Å². The second-order valence-corrected chi connectivity index (χ2v) is 5.81. The molecule has 0 aromatic carbocycles. The van der Waals surface area contributed by atoms with E-state index in [1.807, 2.05) is 18.5 Å². The Morgan fingerprint density at radius 3 is 2.95 bits per heavy atom. The summed E-state index contributed by atoms with van der Waals surface area (Å²) in [6.07, 6.45) is 10.6. The van der Waals surface area contributed by atoms with Crippen LogP contribution in [0.2, 0.25) is 0 Å². The van der Waals surface area contributed by atoms with Gasteiger partial charge in [-0.3, -0.25) is 9.88 Å². The van der Waals surface area contributed by atoms with Gasteiger partial charge in [-0.05, 0) is 43.2 Å². The number of hydrogen-bond acceptors (Lipinski definition) is 3. The van der Waals surface area contributed by atoms with Crippen molar-refractivity contribution in [2.24, 2.45) is 5.92 Å². The molecule has 2 unspecified atom stereocenters.